The summed E-state index contributed by atoms with van der Waals surface area (Å²) in [5.74, 6) is 1.36. The van der Waals surface area contributed by atoms with Gasteiger partial charge in [-0.2, -0.15) is 10.2 Å². The third kappa shape index (κ3) is 4.30. The Morgan fingerprint density at radius 2 is 1.81 bits per heavy atom. The Balaban J connectivity index is 1.48. The van der Waals surface area contributed by atoms with Crippen LogP contribution < -0.4 is 10.6 Å². The van der Waals surface area contributed by atoms with E-state index < -0.39 is 5.54 Å². The second kappa shape index (κ2) is 9.50. The molecule has 1 amide bonds. The van der Waals surface area contributed by atoms with E-state index in [-0.39, 0.29) is 17.5 Å². The van der Waals surface area contributed by atoms with E-state index in [4.69, 9.17) is 0 Å². The van der Waals surface area contributed by atoms with Gasteiger partial charge in [0.25, 0.3) is 5.91 Å². The SMILES string of the molecule is CCC(CC)(NC(=O)c1cnn2c1NC(c1ccccc1)CC2(C)C)c1cnn(-c2ccccn2)c1C. The highest BCUT2D eigenvalue weighted by Crippen LogP contribution is 2.40. The number of carbonyl (C=O) groups excluding carboxylic acids is 1. The number of nitrogens with one attached hydrogen (secondary N) is 2. The van der Waals surface area contributed by atoms with E-state index in [1.807, 2.05) is 58.9 Å². The van der Waals surface area contributed by atoms with Crippen molar-refractivity contribution in [3.8, 4) is 5.82 Å². The van der Waals surface area contributed by atoms with E-state index in [2.05, 4.69) is 65.6 Å². The van der Waals surface area contributed by atoms with E-state index in [1.165, 1.54) is 5.56 Å². The summed E-state index contributed by atoms with van der Waals surface area (Å²) >= 11 is 0. The molecule has 0 radical (unpaired) electrons. The highest BCUT2D eigenvalue weighted by atomic mass is 16.2. The van der Waals surface area contributed by atoms with Crippen LogP contribution in [0.15, 0.2) is 67.1 Å². The first kappa shape index (κ1) is 24.7. The number of pyridine rings is 1. The standard InChI is InChI=1S/C29H35N7O/c1-6-29(7-2,23-19-31-35(20(23)3)25-15-11-12-16-30-25)34-27(37)22-18-32-36-26(22)33-24(17-28(36,4)5)21-13-9-8-10-14-21/h8-16,18-19,24,33H,6-7,17H2,1-5H3,(H,34,37). The molecule has 192 valence electrons. The molecule has 0 bridgehead atoms. The maximum Gasteiger partial charge on any atom is 0.257 e. The molecule has 4 aromatic rings. The highest BCUT2D eigenvalue weighted by molar-refractivity contribution is 5.99. The van der Waals surface area contributed by atoms with Crippen molar-refractivity contribution in [1.82, 2.24) is 29.9 Å². The average Bonchev–Trinajstić information content (AvgIpc) is 3.53. The lowest BCUT2D eigenvalue weighted by Crippen LogP contribution is -2.46. The molecule has 8 nitrogen and oxygen atoms in total. The summed E-state index contributed by atoms with van der Waals surface area (Å²) in [4.78, 5) is 18.3. The van der Waals surface area contributed by atoms with Crippen LogP contribution in [0.4, 0.5) is 5.82 Å². The summed E-state index contributed by atoms with van der Waals surface area (Å²) in [5.41, 5.74) is 2.88. The summed E-state index contributed by atoms with van der Waals surface area (Å²) < 4.78 is 3.78. The quantitative estimate of drug-likeness (QED) is 0.351. The van der Waals surface area contributed by atoms with Crippen LogP contribution in [0.1, 0.15) is 80.2 Å². The van der Waals surface area contributed by atoms with Crippen molar-refractivity contribution in [3.05, 3.63) is 89.5 Å². The number of aromatic nitrogens is 5. The van der Waals surface area contributed by atoms with Crippen molar-refractivity contribution >= 4 is 11.7 Å². The fourth-order valence-electron chi connectivity index (χ4n) is 5.55. The Bertz CT molecular complexity index is 1380. The minimum Gasteiger partial charge on any atom is -0.363 e. The Labute approximate surface area is 218 Å². The van der Waals surface area contributed by atoms with Gasteiger partial charge in [0.2, 0.25) is 0 Å². The number of benzene rings is 1. The first-order valence-corrected chi connectivity index (χ1v) is 13.0. The van der Waals surface area contributed by atoms with Crippen molar-refractivity contribution in [3.63, 3.8) is 0 Å². The van der Waals surface area contributed by atoms with E-state index in [0.29, 0.717) is 5.56 Å². The minimum atomic E-state index is -0.577. The summed E-state index contributed by atoms with van der Waals surface area (Å²) in [6.45, 7) is 10.6. The van der Waals surface area contributed by atoms with E-state index >= 15 is 0 Å². The third-order valence-corrected chi connectivity index (χ3v) is 7.76. The number of carbonyl (C=O) groups is 1. The smallest absolute Gasteiger partial charge is 0.257 e. The van der Waals surface area contributed by atoms with Crippen LogP contribution in [-0.4, -0.2) is 30.5 Å². The molecule has 1 aliphatic heterocycles. The van der Waals surface area contributed by atoms with Gasteiger partial charge in [0.05, 0.1) is 29.5 Å². The first-order valence-electron chi connectivity index (χ1n) is 13.0. The summed E-state index contributed by atoms with van der Waals surface area (Å²) in [7, 11) is 0. The lowest BCUT2D eigenvalue weighted by Gasteiger charge is -2.38. The molecule has 4 heterocycles. The predicted octanol–water partition coefficient (Wildman–Crippen LogP) is 5.51. The lowest BCUT2D eigenvalue weighted by molar-refractivity contribution is 0.0889. The molecule has 1 atom stereocenters. The number of rotatable bonds is 7. The first-order chi connectivity index (χ1) is 17.8. The molecule has 1 aromatic carbocycles. The Morgan fingerprint density at radius 3 is 2.49 bits per heavy atom. The summed E-state index contributed by atoms with van der Waals surface area (Å²) in [5, 5.41) is 16.3. The number of fused-ring (bicyclic) bond motifs is 1. The van der Waals surface area contributed by atoms with Crippen LogP contribution in [0.2, 0.25) is 0 Å². The zero-order valence-corrected chi connectivity index (χ0v) is 22.2. The molecule has 1 unspecified atom stereocenters. The van der Waals surface area contributed by atoms with Gasteiger partial charge >= 0.3 is 0 Å². The summed E-state index contributed by atoms with van der Waals surface area (Å²) in [6.07, 6.45) is 7.61. The van der Waals surface area contributed by atoms with Gasteiger partial charge in [0, 0.05) is 17.5 Å². The molecule has 0 saturated carbocycles. The van der Waals surface area contributed by atoms with Gasteiger partial charge in [-0.3, -0.25) is 4.79 Å². The normalized spacial score (nSPS) is 16.6. The second-order valence-corrected chi connectivity index (χ2v) is 10.4. The molecule has 8 heteroatoms. The Morgan fingerprint density at radius 1 is 1.08 bits per heavy atom. The number of hydrogen-bond acceptors (Lipinski definition) is 5. The zero-order valence-electron chi connectivity index (χ0n) is 22.2. The van der Waals surface area contributed by atoms with Crippen LogP contribution in [-0.2, 0) is 11.1 Å². The molecule has 0 fully saturated rings. The molecule has 37 heavy (non-hydrogen) atoms. The largest absolute Gasteiger partial charge is 0.363 e. The van der Waals surface area contributed by atoms with Crippen LogP contribution >= 0.6 is 0 Å². The fraction of sp³-hybridized carbons (Fsp3) is 0.379. The monoisotopic (exact) mass is 497 g/mol. The van der Waals surface area contributed by atoms with Gasteiger partial charge in [-0.15, -0.1) is 0 Å². The minimum absolute atomic E-state index is 0.0907. The number of hydrogen-bond donors (Lipinski definition) is 2. The van der Waals surface area contributed by atoms with Crippen LogP contribution in [0.25, 0.3) is 5.82 Å². The summed E-state index contributed by atoms with van der Waals surface area (Å²) in [6, 6.07) is 16.2. The molecule has 0 saturated heterocycles. The molecular formula is C29H35N7O. The number of anilines is 1. The zero-order chi connectivity index (χ0) is 26.2. The molecule has 0 spiro atoms. The van der Waals surface area contributed by atoms with Gasteiger partial charge in [0.1, 0.15) is 11.4 Å². The topological polar surface area (TPSA) is 89.7 Å². The van der Waals surface area contributed by atoms with Crippen LogP contribution in [0.5, 0.6) is 0 Å². The molecule has 2 N–H and O–H groups in total. The average molecular weight is 498 g/mol. The van der Waals surface area contributed by atoms with E-state index in [0.717, 1.165) is 42.2 Å². The third-order valence-electron chi connectivity index (χ3n) is 7.76. The van der Waals surface area contributed by atoms with Crippen LogP contribution in [0, 0.1) is 6.92 Å². The maximum atomic E-state index is 13.9. The second-order valence-electron chi connectivity index (χ2n) is 10.4. The predicted molar refractivity (Wildman–Crippen MR) is 145 cm³/mol. The fourth-order valence-corrected chi connectivity index (χ4v) is 5.55. The van der Waals surface area contributed by atoms with Crippen LogP contribution in [0.3, 0.4) is 0 Å². The molecular weight excluding hydrogens is 462 g/mol. The number of nitrogens with zero attached hydrogens (tertiary/aromatic N) is 5. The van der Waals surface area contributed by atoms with Crippen molar-refractivity contribution in [2.45, 2.75) is 71.0 Å². The molecule has 0 aliphatic carbocycles. The van der Waals surface area contributed by atoms with E-state index in [1.54, 1.807) is 12.4 Å². The maximum absolute atomic E-state index is 13.9. The van der Waals surface area contributed by atoms with Crippen molar-refractivity contribution < 1.29 is 4.79 Å². The van der Waals surface area contributed by atoms with Gasteiger partial charge in [0.15, 0.2) is 5.82 Å². The van der Waals surface area contributed by atoms with Crippen molar-refractivity contribution in [1.29, 1.82) is 0 Å². The Kier molecular flexibility index (Phi) is 6.35. The molecule has 5 rings (SSSR count). The number of amides is 1. The Hall–Kier alpha value is -3.94. The van der Waals surface area contributed by atoms with Crippen molar-refractivity contribution in [2.75, 3.05) is 5.32 Å². The van der Waals surface area contributed by atoms with Crippen molar-refractivity contribution in [2.24, 2.45) is 0 Å². The van der Waals surface area contributed by atoms with Gasteiger partial charge in [-0.25, -0.2) is 14.3 Å². The molecule has 3 aromatic heterocycles. The molecule has 1 aliphatic rings. The lowest BCUT2D eigenvalue weighted by atomic mass is 9.84. The highest BCUT2D eigenvalue weighted by Gasteiger charge is 2.39. The van der Waals surface area contributed by atoms with E-state index in [9.17, 15) is 4.79 Å². The van der Waals surface area contributed by atoms with Gasteiger partial charge in [-0.05, 0) is 57.7 Å². The van der Waals surface area contributed by atoms with Gasteiger partial charge in [-0.1, -0.05) is 50.2 Å². The van der Waals surface area contributed by atoms with Gasteiger partial charge < -0.3 is 10.6 Å².